The molecule has 0 radical (unpaired) electrons. The zero-order valence-corrected chi connectivity index (χ0v) is 14.8. The SMILES string of the molecule is CCC[C@H](C(=O)NN)N1c2c(OC)cccc2[C@H](C)CC1(C)C. The number of carbonyl (C=O) groups excluding carboxylic acids is 1. The lowest BCUT2D eigenvalue weighted by molar-refractivity contribution is -0.123. The summed E-state index contributed by atoms with van der Waals surface area (Å²) in [5.41, 5.74) is 4.44. The van der Waals surface area contributed by atoms with Crippen molar-refractivity contribution in [2.45, 2.75) is 64.5 Å². The van der Waals surface area contributed by atoms with Crippen molar-refractivity contribution in [3.05, 3.63) is 23.8 Å². The number of fused-ring (bicyclic) bond motifs is 1. The Bertz CT molecular complexity index is 571. The van der Waals surface area contributed by atoms with Crippen LogP contribution in [0.3, 0.4) is 0 Å². The van der Waals surface area contributed by atoms with Gasteiger partial charge in [0.1, 0.15) is 11.8 Å². The number of anilines is 1. The number of benzene rings is 1. The summed E-state index contributed by atoms with van der Waals surface area (Å²) in [5, 5.41) is 0. The van der Waals surface area contributed by atoms with Crippen molar-refractivity contribution in [2.24, 2.45) is 5.84 Å². The average Bonchev–Trinajstić information content (AvgIpc) is 2.52. The molecule has 0 saturated heterocycles. The van der Waals surface area contributed by atoms with E-state index in [0.29, 0.717) is 5.92 Å². The van der Waals surface area contributed by atoms with E-state index in [2.05, 4.69) is 44.1 Å². The first-order chi connectivity index (χ1) is 10.9. The molecule has 2 atom stereocenters. The van der Waals surface area contributed by atoms with Crippen LogP contribution in [0.4, 0.5) is 5.69 Å². The first-order valence-corrected chi connectivity index (χ1v) is 8.34. The fraction of sp³-hybridized carbons (Fsp3) is 0.611. The highest BCUT2D eigenvalue weighted by Gasteiger charge is 2.43. The Labute approximate surface area is 139 Å². The van der Waals surface area contributed by atoms with E-state index < -0.39 is 0 Å². The van der Waals surface area contributed by atoms with Crippen LogP contribution in [-0.2, 0) is 4.79 Å². The van der Waals surface area contributed by atoms with Gasteiger partial charge < -0.3 is 9.64 Å². The number of hydrogen-bond donors (Lipinski definition) is 2. The van der Waals surface area contributed by atoms with Crippen LogP contribution in [-0.4, -0.2) is 24.6 Å². The number of rotatable bonds is 5. The van der Waals surface area contributed by atoms with Crippen LogP contribution < -0.4 is 20.9 Å². The minimum absolute atomic E-state index is 0.147. The third-order valence-corrected chi connectivity index (χ3v) is 4.80. The van der Waals surface area contributed by atoms with Crippen LogP contribution in [0.2, 0.25) is 0 Å². The van der Waals surface area contributed by atoms with Crippen molar-refractivity contribution < 1.29 is 9.53 Å². The van der Waals surface area contributed by atoms with Crippen molar-refractivity contribution >= 4 is 11.6 Å². The predicted molar refractivity (Wildman–Crippen MR) is 93.6 cm³/mol. The van der Waals surface area contributed by atoms with E-state index in [4.69, 9.17) is 10.6 Å². The van der Waals surface area contributed by atoms with Crippen LogP contribution in [0.5, 0.6) is 5.75 Å². The van der Waals surface area contributed by atoms with E-state index in [0.717, 1.165) is 30.7 Å². The fourth-order valence-electron chi connectivity index (χ4n) is 3.94. The molecular weight excluding hydrogens is 290 g/mol. The number of nitrogens with two attached hydrogens (primary N) is 1. The number of nitrogens with one attached hydrogen (secondary N) is 1. The monoisotopic (exact) mass is 319 g/mol. The Morgan fingerprint density at radius 3 is 2.78 bits per heavy atom. The summed E-state index contributed by atoms with van der Waals surface area (Å²) >= 11 is 0. The molecule has 0 bridgehead atoms. The second-order valence-electron chi connectivity index (χ2n) is 7.00. The van der Waals surface area contributed by atoms with E-state index in [1.807, 2.05) is 12.1 Å². The van der Waals surface area contributed by atoms with Gasteiger partial charge in [0.05, 0.1) is 12.8 Å². The summed E-state index contributed by atoms with van der Waals surface area (Å²) in [6, 6.07) is 5.81. The lowest BCUT2D eigenvalue weighted by atomic mass is 9.78. The molecule has 2 rings (SSSR count). The molecule has 5 heteroatoms. The summed E-state index contributed by atoms with van der Waals surface area (Å²) in [5.74, 6) is 6.54. The second kappa shape index (κ2) is 6.79. The van der Waals surface area contributed by atoms with E-state index in [9.17, 15) is 4.79 Å². The minimum Gasteiger partial charge on any atom is -0.495 e. The quantitative estimate of drug-likeness (QED) is 0.497. The molecular formula is C18H29N3O2. The van der Waals surface area contributed by atoms with Crippen LogP contribution in [0.1, 0.15) is 58.4 Å². The largest absolute Gasteiger partial charge is 0.495 e. The van der Waals surface area contributed by atoms with Gasteiger partial charge >= 0.3 is 0 Å². The molecule has 1 aliphatic heterocycles. The van der Waals surface area contributed by atoms with Gasteiger partial charge in [-0.1, -0.05) is 32.4 Å². The van der Waals surface area contributed by atoms with Gasteiger partial charge in [-0.3, -0.25) is 10.2 Å². The topological polar surface area (TPSA) is 67.6 Å². The Balaban J connectivity index is 2.64. The fourth-order valence-corrected chi connectivity index (χ4v) is 3.94. The number of nitrogens with zero attached hydrogens (tertiary/aromatic N) is 1. The van der Waals surface area contributed by atoms with Crippen molar-refractivity contribution in [1.82, 2.24) is 5.43 Å². The van der Waals surface area contributed by atoms with Gasteiger partial charge in [0.15, 0.2) is 0 Å². The number of hydrazine groups is 1. The lowest BCUT2D eigenvalue weighted by Gasteiger charge is -2.51. The Hall–Kier alpha value is -1.75. The molecule has 0 unspecified atom stereocenters. The van der Waals surface area contributed by atoms with Crippen molar-refractivity contribution in [1.29, 1.82) is 0 Å². The third kappa shape index (κ3) is 3.15. The highest BCUT2D eigenvalue weighted by molar-refractivity contribution is 5.87. The Morgan fingerprint density at radius 1 is 1.52 bits per heavy atom. The predicted octanol–water partition coefficient (Wildman–Crippen LogP) is 2.95. The molecule has 1 aromatic carbocycles. The van der Waals surface area contributed by atoms with Crippen LogP contribution >= 0.6 is 0 Å². The van der Waals surface area contributed by atoms with E-state index >= 15 is 0 Å². The van der Waals surface area contributed by atoms with Crippen LogP contribution in [0.15, 0.2) is 18.2 Å². The Kier molecular flexibility index (Phi) is 5.19. The first kappa shape index (κ1) is 17.6. The van der Waals surface area contributed by atoms with E-state index in [1.165, 1.54) is 5.56 Å². The molecule has 23 heavy (non-hydrogen) atoms. The smallest absolute Gasteiger partial charge is 0.256 e. The van der Waals surface area contributed by atoms with Crippen molar-refractivity contribution in [3.8, 4) is 5.75 Å². The summed E-state index contributed by atoms with van der Waals surface area (Å²) in [4.78, 5) is 14.7. The van der Waals surface area contributed by atoms with Gasteiger partial charge in [0.2, 0.25) is 0 Å². The zero-order chi connectivity index (χ0) is 17.2. The Morgan fingerprint density at radius 2 is 2.22 bits per heavy atom. The number of para-hydroxylation sites is 1. The normalized spacial score (nSPS) is 20.6. The summed E-state index contributed by atoms with van der Waals surface area (Å²) in [7, 11) is 1.68. The highest BCUT2D eigenvalue weighted by atomic mass is 16.5. The molecule has 0 saturated carbocycles. The van der Waals surface area contributed by atoms with Gasteiger partial charge in [-0.15, -0.1) is 0 Å². The molecule has 1 amide bonds. The van der Waals surface area contributed by atoms with Crippen molar-refractivity contribution in [3.63, 3.8) is 0 Å². The highest BCUT2D eigenvalue weighted by Crippen LogP contribution is 2.49. The number of methoxy groups -OCH3 is 1. The second-order valence-corrected chi connectivity index (χ2v) is 7.00. The van der Waals surface area contributed by atoms with Gasteiger partial charge in [-0.05, 0) is 44.2 Å². The lowest BCUT2D eigenvalue weighted by Crippen LogP contribution is -2.59. The van der Waals surface area contributed by atoms with Gasteiger partial charge in [-0.2, -0.15) is 0 Å². The number of ether oxygens (including phenoxy) is 1. The molecule has 0 aromatic heterocycles. The average molecular weight is 319 g/mol. The minimum atomic E-state index is -0.303. The maximum absolute atomic E-state index is 12.5. The molecule has 1 heterocycles. The zero-order valence-electron chi connectivity index (χ0n) is 14.8. The molecule has 1 aromatic rings. The molecule has 0 spiro atoms. The van der Waals surface area contributed by atoms with Gasteiger partial charge in [0, 0.05) is 5.54 Å². The van der Waals surface area contributed by atoms with Crippen LogP contribution in [0.25, 0.3) is 0 Å². The third-order valence-electron chi connectivity index (χ3n) is 4.80. The van der Waals surface area contributed by atoms with Gasteiger partial charge in [-0.25, -0.2) is 5.84 Å². The molecule has 0 aliphatic carbocycles. The summed E-state index contributed by atoms with van der Waals surface area (Å²) in [6.07, 6.45) is 2.63. The molecule has 3 N–H and O–H groups in total. The standard InChI is InChI=1S/C18H29N3O2/c1-6-8-14(17(22)20-19)21-16-13(9-7-10-15(16)23-5)12(2)11-18(21,3)4/h7,9-10,12,14H,6,8,11,19H2,1-5H3,(H,20,22)/t12-,14-/m1/s1. The number of amides is 1. The van der Waals surface area contributed by atoms with Gasteiger partial charge in [0.25, 0.3) is 5.91 Å². The molecule has 1 aliphatic rings. The van der Waals surface area contributed by atoms with E-state index in [-0.39, 0.29) is 17.5 Å². The summed E-state index contributed by atoms with van der Waals surface area (Å²) in [6.45, 7) is 8.69. The number of carbonyl (C=O) groups is 1. The molecule has 128 valence electrons. The maximum Gasteiger partial charge on any atom is 0.256 e. The summed E-state index contributed by atoms with van der Waals surface area (Å²) < 4.78 is 5.62. The van der Waals surface area contributed by atoms with E-state index in [1.54, 1.807) is 7.11 Å². The van der Waals surface area contributed by atoms with Crippen LogP contribution in [0, 0.1) is 0 Å². The molecule has 5 nitrogen and oxygen atoms in total. The molecule has 0 fully saturated rings. The number of hydrogen-bond acceptors (Lipinski definition) is 4. The maximum atomic E-state index is 12.5. The van der Waals surface area contributed by atoms with Crippen molar-refractivity contribution in [2.75, 3.05) is 12.0 Å². The first-order valence-electron chi connectivity index (χ1n) is 8.34.